The molecule has 1 aromatic carbocycles. The second kappa shape index (κ2) is 4.36. The van der Waals surface area contributed by atoms with E-state index in [2.05, 4.69) is 0 Å². The summed E-state index contributed by atoms with van der Waals surface area (Å²) in [5.41, 5.74) is 1.60. The van der Waals surface area contributed by atoms with Gasteiger partial charge in [0.2, 0.25) is 0 Å². The fraction of sp³-hybridized carbons (Fsp3) is 0.0909. The molecule has 0 amide bonds. The molecule has 1 N–H and O–H groups in total. The van der Waals surface area contributed by atoms with E-state index in [4.69, 9.17) is 4.42 Å². The fourth-order valence-corrected chi connectivity index (χ4v) is 1.29. The van der Waals surface area contributed by atoms with Crippen LogP contribution in [0, 0.1) is 6.92 Å². The molecule has 2 nitrogen and oxygen atoms in total. The topological polar surface area (TPSA) is 33.4 Å². The number of rotatable bonds is 1. The molecule has 0 fully saturated rings. The van der Waals surface area contributed by atoms with Gasteiger partial charge in [-0.3, -0.25) is 0 Å². The van der Waals surface area contributed by atoms with Crippen LogP contribution in [0.5, 0.6) is 5.75 Å². The van der Waals surface area contributed by atoms with Crippen molar-refractivity contribution in [1.29, 1.82) is 0 Å². The predicted octanol–water partition coefficient (Wildman–Crippen LogP) is 2.96. The molecule has 0 atom stereocenters. The molecule has 14 heavy (non-hydrogen) atoms. The van der Waals surface area contributed by atoms with Gasteiger partial charge in [-0.2, -0.15) is 0 Å². The maximum atomic E-state index is 9.71. The van der Waals surface area contributed by atoms with Gasteiger partial charge < -0.3 is 9.52 Å². The first-order valence-electron chi connectivity index (χ1n) is 4.11. The SMILES string of the molecule is Cc1cccc(-c2ccco2)c1O.[Mn]. The molecule has 1 heterocycles. The molecule has 2 rings (SSSR count). The van der Waals surface area contributed by atoms with E-state index in [9.17, 15) is 5.11 Å². The van der Waals surface area contributed by atoms with Gasteiger partial charge in [0.25, 0.3) is 0 Å². The van der Waals surface area contributed by atoms with Crippen LogP contribution < -0.4 is 0 Å². The summed E-state index contributed by atoms with van der Waals surface area (Å²) in [6, 6.07) is 9.22. The Balaban J connectivity index is 0.000000980. The van der Waals surface area contributed by atoms with Crippen LogP contribution in [0.1, 0.15) is 5.56 Å². The van der Waals surface area contributed by atoms with Crippen molar-refractivity contribution in [2.24, 2.45) is 0 Å². The monoisotopic (exact) mass is 229 g/mol. The Hall–Kier alpha value is -1.18. The Bertz CT molecular complexity index is 407. The number of para-hydroxylation sites is 1. The van der Waals surface area contributed by atoms with Gasteiger partial charge in [0.15, 0.2) is 0 Å². The molecule has 0 spiro atoms. The van der Waals surface area contributed by atoms with Crippen LogP contribution in [-0.4, -0.2) is 5.11 Å². The van der Waals surface area contributed by atoms with Gasteiger partial charge in [0, 0.05) is 17.1 Å². The Morgan fingerprint density at radius 3 is 2.57 bits per heavy atom. The van der Waals surface area contributed by atoms with E-state index < -0.39 is 0 Å². The van der Waals surface area contributed by atoms with E-state index in [1.165, 1.54) is 0 Å². The Morgan fingerprint density at radius 2 is 1.93 bits per heavy atom. The van der Waals surface area contributed by atoms with Crippen LogP contribution in [0.4, 0.5) is 0 Å². The standard InChI is InChI=1S/C11H10O2.Mn/c1-8-4-2-5-9(11(8)12)10-6-3-7-13-10;/h2-7,12H,1H3;. The van der Waals surface area contributed by atoms with Crippen molar-refractivity contribution in [3.63, 3.8) is 0 Å². The van der Waals surface area contributed by atoms with E-state index in [0.717, 1.165) is 11.1 Å². The summed E-state index contributed by atoms with van der Waals surface area (Å²) in [4.78, 5) is 0. The minimum absolute atomic E-state index is 0. The van der Waals surface area contributed by atoms with Crippen molar-refractivity contribution >= 4 is 0 Å². The summed E-state index contributed by atoms with van der Waals surface area (Å²) in [6.45, 7) is 1.86. The first-order chi connectivity index (χ1) is 6.29. The van der Waals surface area contributed by atoms with E-state index in [1.807, 2.05) is 31.2 Å². The maximum Gasteiger partial charge on any atom is 0.137 e. The smallest absolute Gasteiger partial charge is 0.137 e. The van der Waals surface area contributed by atoms with Crippen LogP contribution >= 0.6 is 0 Å². The van der Waals surface area contributed by atoms with Gasteiger partial charge in [-0.25, -0.2) is 0 Å². The number of phenolic OH excluding ortho intramolecular Hbond substituents is 1. The fourth-order valence-electron chi connectivity index (χ4n) is 1.29. The number of hydrogen-bond acceptors (Lipinski definition) is 2. The molecule has 0 bridgehead atoms. The minimum atomic E-state index is 0. The summed E-state index contributed by atoms with van der Waals surface area (Å²) < 4.78 is 5.20. The Kier molecular flexibility index (Phi) is 3.39. The van der Waals surface area contributed by atoms with E-state index in [1.54, 1.807) is 12.3 Å². The molecule has 0 aliphatic heterocycles. The van der Waals surface area contributed by atoms with Crippen LogP contribution in [0.25, 0.3) is 11.3 Å². The third-order valence-corrected chi connectivity index (χ3v) is 2.02. The molecule has 1 radical (unpaired) electrons. The average molecular weight is 229 g/mol. The largest absolute Gasteiger partial charge is 0.507 e. The van der Waals surface area contributed by atoms with Crippen LogP contribution in [0.2, 0.25) is 0 Å². The molecular formula is C11H10MnO2. The van der Waals surface area contributed by atoms with Gasteiger partial charge in [-0.15, -0.1) is 0 Å². The zero-order valence-electron chi connectivity index (χ0n) is 7.70. The second-order valence-corrected chi connectivity index (χ2v) is 2.95. The third-order valence-electron chi connectivity index (χ3n) is 2.02. The van der Waals surface area contributed by atoms with E-state index in [0.29, 0.717) is 5.76 Å². The van der Waals surface area contributed by atoms with Crippen molar-refractivity contribution in [2.45, 2.75) is 6.92 Å². The number of furan rings is 1. The number of benzene rings is 1. The van der Waals surface area contributed by atoms with Gasteiger partial charge in [0.05, 0.1) is 11.8 Å². The van der Waals surface area contributed by atoms with Crippen LogP contribution in [-0.2, 0) is 17.1 Å². The summed E-state index contributed by atoms with van der Waals surface area (Å²) in [6.07, 6.45) is 1.59. The molecule has 0 saturated carbocycles. The summed E-state index contributed by atoms with van der Waals surface area (Å²) in [5.74, 6) is 0.985. The number of aryl methyl sites for hydroxylation is 1. The number of phenols is 1. The molecular weight excluding hydrogens is 219 g/mol. The zero-order chi connectivity index (χ0) is 9.26. The van der Waals surface area contributed by atoms with Crippen molar-refractivity contribution in [2.75, 3.05) is 0 Å². The Labute approximate surface area is 93.0 Å². The molecule has 2 aromatic rings. The van der Waals surface area contributed by atoms with Gasteiger partial charge in [0.1, 0.15) is 11.5 Å². The quantitative estimate of drug-likeness (QED) is 0.762. The number of aromatic hydroxyl groups is 1. The van der Waals surface area contributed by atoms with Crippen LogP contribution in [0.3, 0.4) is 0 Å². The molecule has 0 unspecified atom stereocenters. The van der Waals surface area contributed by atoms with Crippen LogP contribution in [0.15, 0.2) is 41.0 Å². The van der Waals surface area contributed by atoms with Crippen molar-refractivity contribution in [3.8, 4) is 17.1 Å². The Morgan fingerprint density at radius 1 is 1.14 bits per heavy atom. The second-order valence-electron chi connectivity index (χ2n) is 2.95. The summed E-state index contributed by atoms with van der Waals surface area (Å²) in [7, 11) is 0. The first-order valence-corrected chi connectivity index (χ1v) is 4.11. The molecule has 0 aliphatic rings. The van der Waals surface area contributed by atoms with Gasteiger partial charge in [-0.05, 0) is 30.7 Å². The van der Waals surface area contributed by atoms with Gasteiger partial charge >= 0.3 is 0 Å². The minimum Gasteiger partial charge on any atom is -0.507 e. The molecule has 0 aliphatic carbocycles. The average Bonchev–Trinajstić information content (AvgIpc) is 2.62. The summed E-state index contributed by atoms with van der Waals surface area (Å²) >= 11 is 0. The molecule has 73 valence electrons. The molecule has 0 saturated heterocycles. The third kappa shape index (κ3) is 1.84. The van der Waals surface area contributed by atoms with Crippen molar-refractivity contribution < 1.29 is 26.6 Å². The summed E-state index contributed by atoms with van der Waals surface area (Å²) in [5, 5.41) is 9.71. The van der Waals surface area contributed by atoms with Crippen molar-refractivity contribution in [1.82, 2.24) is 0 Å². The van der Waals surface area contributed by atoms with Crippen molar-refractivity contribution in [3.05, 3.63) is 42.2 Å². The van der Waals surface area contributed by atoms with Gasteiger partial charge in [-0.1, -0.05) is 12.1 Å². The first kappa shape index (κ1) is 10.9. The zero-order valence-corrected chi connectivity index (χ0v) is 8.88. The maximum absolute atomic E-state index is 9.71. The molecule has 1 aromatic heterocycles. The van der Waals surface area contributed by atoms with E-state index in [-0.39, 0.29) is 22.8 Å². The predicted molar refractivity (Wildman–Crippen MR) is 50.5 cm³/mol. The normalized spacial score (nSPS) is 9.50. The molecule has 3 heteroatoms. The number of hydrogen-bond donors (Lipinski definition) is 1. The van der Waals surface area contributed by atoms with E-state index >= 15 is 0 Å².